The Balaban J connectivity index is 1.32. The summed E-state index contributed by atoms with van der Waals surface area (Å²) >= 11 is 0. The van der Waals surface area contributed by atoms with Crippen LogP contribution < -0.4 is 10.6 Å². The molecule has 2 aromatic carbocycles. The quantitative estimate of drug-likeness (QED) is 0.642. The number of hydrogen-bond acceptors (Lipinski definition) is 4. The van der Waals surface area contributed by atoms with Gasteiger partial charge in [0.15, 0.2) is 0 Å². The van der Waals surface area contributed by atoms with Crippen LogP contribution in [0.3, 0.4) is 0 Å². The molecule has 0 unspecified atom stereocenters. The maximum atomic E-state index is 12.5. The highest BCUT2D eigenvalue weighted by Gasteiger charge is 2.51. The van der Waals surface area contributed by atoms with Crippen LogP contribution in [0.15, 0.2) is 53.4 Å². The van der Waals surface area contributed by atoms with E-state index in [2.05, 4.69) is 34.9 Å². The Morgan fingerprint density at radius 3 is 2.13 bits per heavy atom. The monoisotopic (exact) mass is 439 g/mol. The summed E-state index contributed by atoms with van der Waals surface area (Å²) < 4.78 is 26.2. The lowest BCUT2D eigenvalue weighted by molar-refractivity contribution is 0.0107. The van der Waals surface area contributed by atoms with Crippen LogP contribution in [0.25, 0.3) is 0 Å². The van der Waals surface area contributed by atoms with Crippen molar-refractivity contribution < 1.29 is 8.42 Å². The Hall–Kier alpha value is -2.05. The highest BCUT2D eigenvalue weighted by Crippen LogP contribution is 2.56. The topological polar surface area (TPSA) is 61.4 Å². The average Bonchev–Trinajstić information content (AvgIpc) is 2.72. The number of sulfonamides is 1. The Labute approximate surface area is 186 Å². The maximum absolute atomic E-state index is 12.5. The van der Waals surface area contributed by atoms with E-state index in [0.717, 1.165) is 29.0 Å². The second-order valence-corrected chi connectivity index (χ2v) is 12.3. The maximum Gasteiger partial charge on any atom is 0.242 e. The normalized spacial score (nSPS) is 29.3. The zero-order valence-electron chi connectivity index (χ0n) is 18.5. The first-order valence-corrected chi connectivity index (χ1v) is 12.9. The molecule has 0 atom stereocenters. The fourth-order valence-electron chi connectivity index (χ4n) is 6.52. The SMILES string of the molecule is CN(C)S(=O)(=O)c1cccc(CNc2ccccc2NC23CC4CC(CC(C4)C2)C3)c1. The van der Waals surface area contributed by atoms with Gasteiger partial charge in [-0.15, -0.1) is 0 Å². The van der Waals surface area contributed by atoms with Gasteiger partial charge in [-0.2, -0.15) is 0 Å². The molecule has 4 saturated carbocycles. The molecule has 0 saturated heterocycles. The highest BCUT2D eigenvalue weighted by atomic mass is 32.2. The molecule has 6 heteroatoms. The Morgan fingerprint density at radius 1 is 0.903 bits per heavy atom. The Kier molecular flexibility index (Phi) is 5.25. The van der Waals surface area contributed by atoms with Crippen molar-refractivity contribution >= 4 is 21.4 Å². The number of rotatable bonds is 7. The van der Waals surface area contributed by atoms with Crippen molar-refractivity contribution in [3.05, 3.63) is 54.1 Å². The van der Waals surface area contributed by atoms with Gasteiger partial charge in [0, 0.05) is 26.2 Å². The zero-order valence-corrected chi connectivity index (χ0v) is 19.3. The van der Waals surface area contributed by atoms with Crippen molar-refractivity contribution in [2.75, 3.05) is 24.7 Å². The fraction of sp³-hybridized carbons (Fsp3) is 0.520. The minimum absolute atomic E-state index is 0.256. The third-order valence-electron chi connectivity index (χ3n) is 7.53. The summed E-state index contributed by atoms with van der Waals surface area (Å²) in [5.74, 6) is 2.71. The number of nitrogens with one attached hydrogen (secondary N) is 2. The van der Waals surface area contributed by atoms with Gasteiger partial charge in [0.05, 0.1) is 16.3 Å². The summed E-state index contributed by atoms with van der Waals surface area (Å²) in [6.45, 7) is 0.580. The predicted molar refractivity (Wildman–Crippen MR) is 126 cm³/mol. The van der Waals surface area contributed by atoms with E-state index in [1.54, 1.807) is 26.2 Å². The van der Waals surface area contributed by atoms with E-state index >= 15 is 0 Å². The number of para-hydroxylation sites is 2. The number of nitrogens with zero attached hydrogens (tertiary/aromatic N) is 1. The molecule has 31 heavy (non-hydrogen) atoms. The first kappa shape index (κ1) is 20.8. The van der Waals surface area contributed by atoms with Crippen LogP contribution in [0.4, 0.5) is 11.4 Å². The summed E-state index contributed by atoms with van der Waals surface area (Å²) in [4.78, 5) is 0.330. The van der Waals surface area contributed by atoms with Crippen molar-refractivity contribution in [3.63, 3.8) is 0 Å². The average molecular weight is 440 g/mol. The standard InChI is InChI=1S/C25H33N3O2S/c1-28(2)31(29,30)22-7-5-6-18(13-22)17-26-23-8-3-4-9-24(23)27-25-14-19-10-20(15-25)12-21(11-19)16-25/h3-9,13,19-21,26-27H,10-12,14-17H2,1-2H3. The van der Waals surface area contributed by atoms with E-state index < -0.39 is 10.0 Å². The fourth-order valence-corrected chi connectivity index (χ4v) is 7.49. The molecule has 166 valence electrons. The molecule has 4 fully saturated rings. The molecule has 4 aliphatic carbocycles. The van der Waals surface area contributed by atoms with E-state index in [1.807, 2.05) is 12.1 Å². The van der Waals surface area contributed by atoms with Crippen LogP contribution in [0.5, 0.6) is 0 Å². The van der Waals surface area contributed by atoms with Gasteiger partial charge in [0.25, 0.3) is 0 Å². The zero-order chi connectivity index (χ0) is 21.6. The Morgan fingerprint density at radius 2 is 1.52 bits per heavy atom. The lowest BCUT2D eigenvalue weighted by Crippen LogP contribution is -2.54. The molecule has 0 radical (unpaired) electrons. The summed E-state index contributed by atoms with van der Waals surface area (Å²) in [7, 11) is -0.304. The molecule has 5 nitrogen and oxygen atoms in total. The smallest absolute Gasteiger partial charge is 0.242 e. The largest absolute Gasteiger partial charge is 0.379 e. The van der Waals surface area contributed by atoms with Crippen molar-refractivity contribution in [1.82, 2.24) is 4.31 Å². The molecule has 4 bridgehead atoms. The minimum atomic E-state index is -3.43. The Bertz CT molecular complexity index is 1030. The molecule has 2 N–H and O–H groups in total. The van der Waals surface area contributed by atoms with Crippen molar-refractivity contribution in [1.29, 1.82) is 0 Å². The third-order valence-corrected chi connectivity index (χ3v) is 9.34. The molecule has 0 aliphatic heterocycles. The number of anilines is 2. The van der Waals surface area contributed by atoms with Crippen LogP contribution in [0.2, 0.25) is 0 Å². The molecule has 0 spiro atoms. The van der Waals surface area contributed by atoms with Gasteiger partial charge in [-0.25, -0.2) is 12.7 Å². The molecular weight excluding hydrogens is 406 g/mol. The predicted octanol–water partition coefficient (Wildman–Crippen LogP) is 4.93. The van der Waals surface area contributed by atoms with Gasteiger partial charge in [-0.1, -0.05) is 24.3 Å². The van der Waals surface area contributed by atoms with Crippen LogP contribution in [-0.4, -0.2) is 32.4 Å². The molecule has 4 aliphatic rings. The van der Waals surface area contributed by atoms with Gasteiger partial charge in [-0.3, -0.25) is 0 Å². The molecule has 0 aromatic heterocycles. The third kappa shape index (κ3) is 4.08. The molecule has 0 amide bonds. The van der Waals surface area contributed by atoms with E-state index in [9.17, 15) is 8.42 Å². The minimum Gasteiger partial charge on any atom is -0.379 e. The number of benzene rings is 2. The van der Waals surface area contributed by atoms with Crippen molar-refractivity contribution in [2.24, 2.45) is 17.8 Å². The lowest BCUT2D eigenvalue weighted by atomic mass is 9.53. The van der Waals surface area contributed by atoms with E-state index in [0.29, 0.717) is 11.4 Å². The van der Waals surface area contributed by atoms with E-state index in [-0.39, 0.29) is 5.54 Å². The summed E-state index contributed by atoms with van der Waals surface area (Å²) in [5, 5.41) is 7.53. The van der Waals surface area contributed by atoms with Crippen LogP contribution >= 0.6 is 0 Å². The summed E-state index contributed by atoms with van der Waals surface area (Å²) in [6.07, 6.45) is 8.22. The van der Waals surface area contributed by atoms with Crippen LogP contribution in [0.1, 0.15) is 44.1 Å². The first-order chi connectivity index (χ1) is 14.8. The van der Waals surface area contributed by atoms with Gasteiger partial charge in [-0.05, 0) is 86.1 Å². The summed E-state index contributed by atoms with van der Waals surface area (Å²) in [5.41, 5.74) is 3.46. The first-order valence-electron chi connectivity index (χ1n) is 11.5. The second kappa shape index (κ2) is 7.82. The van der Waals surface area contributed by atoms with E-state index in [4.69, 9.17) is 0 Å². The van der Waals surface area contributed by atoms with Crippen LogP contribution in [-0.2, 0) is 16.6 Å². The van der Waals surface area contributed by atoms with Crippen molar-refractivity contribution in [2.45, 2.75) is 55.5 Å². The van der Waals surface area contributed by atoms with Crippen molar-refractivity contribution in [3.8, 4) is 0 Å². The van der Waals surface area contributed by atoms with Crippen LogP contribution in [0, 0.1) is 17.8 Å². The molecule has 0 heterocycles. The summed E-state index contributed by atoms with van der Waals surface area (Å²) in [6, 6.07) is 15.6. The molecule has 2 aromatic rings. The highest BCUT2D eigenvalue weighted by molar-refractivity contribution is 7.89. The van der Waals surface area contributed by atoms with Gasteiger partial charge < -0.3 is 10.6 Å². The van der Waals surface area contributed by atoms with Gasteiger partial charge in [0.2, 0.25) is 10.0 Å². The molecular formula is C25H33N3O2S. The number of hydrogen-bond donors (Lipinski definition) is 2. The van der Waals surface area contributed by atoms with Gasteiger partial charge in [0.1, 0.15) is 0 Å². The lowest BCUT2D eigenvalue weighted by Gasteiger charge is -2.57. The second-order valence-electron chi connectivity index (χ2n) is 10.2. The van der Waals surface area contributed by atoms with Gasteiger partial charge >= 0.3 is 0 Å². The van der Waals surface area contributed by atoms with E-state index in [1.165, 1.54) is 48.5 Å². The molecule has 6 rings (SSSR count).